The molecule has 13 aromatic rings. The number of fused-ring (bicyclic) bond motifs is 17. The molecular weight excluding hydrogens is 791 g/mol. The minimum atomic E-state index is -0.678. The molecule has 2 aliphatic rings. The van der Waals surface area contributed by atoms with Crippen LogP contribution >= 0.6 is 0 Å². The first-order valence-corrected chi connectivity index (χ1v) is 22.4. The fraction of sp³-hybridized carbons (Fsp3) is 0.0164. The maximum absolute atomic E-state index is 7.11. The Morgan fingerprint density at radius 2 is 0.831 bits per heavy atom. The lowest BCUT2D eigenvalue weighted by atomic mass is 9.61. The highest BCUT2D eigenvalue weighted by Crippen LogP contribution is 2.61. The molecule has 4 heteroatoms. The molecule has 3 aromatic heterocycles. The van der Waals surface area contributed by atoms with Crippen LogP contribution in [0.25, 0.3) is 93.6 Å². The first-order chi connectivity index (χ1) is 32.3. The topological polar surface area (TPSA) is 24.0 Å². The van der Waals surface area contributed by atoms with Crippen molar-refractivity contribution in [1.29, 1.82) is 0 Å². The number of nitrogens with zero attached hydrogens (tertiary/aromatic N) is 3. The number of aromatic nitrogens is 3. The molecule has 65 heavy (non-hydrogen) atoms. The van der Waals surface area contributed by atoms with E-state index in [9.17, 15) is 0 Å². The lowest BCUT2D eigenvalue weighted by Gasteiger charge is -2.45. The van der Waals surface area contributed by atoms with E-state index >= 15 is 0 Å². The second-order valence-electron chi connectivity index (χ2n) is 17.6. The van der Waals surface area contributed by atoms with Crippen molar-refractivity contribution < 1.29 is 4.74 Å². The van der Waals surface area contributed by atoms with E-state index in [0.29, 0.717) is 0 Å². The van der Waals surface area contributed by atoms with Gasteiger partial charge in [-0.1, -0.05) is 158 Å². The van der Waals surface area contributed by atoms with E-state index in [4.69, 9.17) is 4.74 Å². The van der Waals surface area contributed by atoms with E-state index in [2.05, 4.69) is 238 Å². The maximum atomic E-state index is 7.11. The van der Waals surface area contributed by atoms with E-state index in [-0.39, 0.29) is 0 Å². The summed E-state index contributed by atoms with van der Waals surface area (Å²) in [5.74, 6) is 1.76. The standard InChI is InChI=1S/C61H37N3O/c1-2-15-38(16-3-1)39-29-31-40(32-30-39)62-52-24-9-4-17-42(52)45-34-33-41(35-56(45)62)63-53-25-10-6-19-44(53)47-36-59-51(37-57(47)63)61(49-22-8-13-28-58(49)65-59)48-21-7-12-27-55(48)64-54-26-11-5-18-43(54)46-20-14-23-50(61)60(46)64/h1-37H. The van der Waals surface area contributed by atoms with Gasteiger partial charge in [0.2, 0.25) is 0 Å². The van der Waals surface area contributed by atoms with Crippen LogP contribution < -0.4 is 4.74 Å². The molecule has 0 saturated carbocycles. The van der Waals surface area contributed by atoms with Crippen LogP contribution in [0.15, 0.2) is 224 Å². The van der Waals surface area contributed by atoms with E-state index in [0.717, 1.165) is 55.9 Å². The minimum absolute atomic E-state index is 0.678. The number of hydrogen-bond acceptors (Lipinski definition) is 1. The van der Waals surface area contributed by atoms with Gasteiger partial charge in [0.25, 0.3) is 0 Å². The SMILES string of the molecule is c1ccc(-c2ccc(-n3c4ccccc4c4ccc(-n5c6ccccc6c6cc7c(cc65)C5(c6ccccc6O7)c6ccccc6-n6c7ccccc7c7cccc5c76)cc43)cc2)cc1. The molecule has 0 N–H and O–H groups in total. The highest BCUT2D eigenvalue weighted by molar-refractivity contribution is 6.14. The van der Waals surface area contributed by atoms with E-state index in [1.54, 1.807) is 0 Å². The van der Waals surface area contributed by atoms with Gasteiger partial charge in [-0.3, -0.25) is 0 Å². The Labute approximate surface area is 374 Å². The fourth-order valence-corrected chi connectivity index (χ4v) is 11.9. The predicted molar refractivity (Wildman–Crippen MR) is 267 cm³/mol. The van der Waals surface area contributed by atoms with Gasteiger partial charge in [0.15, 0.2) is 0 Å². The molecule has 0 fully saturated rings. The normalized spacial score (nSPS) is 15.0. The summed E-state index contributed by atoms with van der Waals surface area (Å²) < 4.78 is 14.5. The summed E-state index contributed by atoms with van der Waals surface area (Å²) in [5.41, 5.74) is 17.0. The molecule has 1 unspecified atom stereocenters. The predicted octanol–water partition coefficient (Wildman–Crippen LogP) is 15.4. The summed E-state index contributed by atoms with van der Waals surface area (Å²) in [5, 5.41) is 7.31. The molecule has 0 bridgehead atoms. The van der Waals surface area contributed by atoms with Gasteiger partial charge in [0, 0.05) is 54.8 Å². The minimum Gasteiger partial charge on any atom is -0.457 e. The number of ether oxygens (including phenoxy) is 1. The molecule has 15 rings (SSSR count). The zero-order valence-corrected chi connectivity index (χ0v) is 35.1. The third kappa shape index (κ3) is 4.50. The molecule has 0 amide bonds. The highest BCUT2D eigenvalue weighted by atomic mass is 16.5. The van der Waals surface area contributed by atoms with Crippen molar-refractivity contribution in [1.82, 2.24) is 13.7 Å². The number of hydrogen-bond donors (Lipinski definition) is 0. The third-order valence-corrected chi connectivity index (χ3v) is 14.5. The van der Waals surface area contributed by atoms with Crippen LogP contribution in [-0.2, 0) is 5.41 Å². The Morgan fingerprint density at radius 1 is 0.292 bits per heavy atom. The number of rotatable bonds is 3. The Bertz CT molecular complexity index is 4150. The molecule has 5 heterocycles. The zero-order chi connectivity index (χ0) is 42.4. The van der Waals surface area contributed by atoms with Crippen LogP contribution in [0.1, 0.15) is 22.3 Å². The first-order valence-electron chi connectivity index (χ1n) is 22.4. The largest absolute Gasteiger partial charge is 0.457 e. The lowest BCUT2D eigenvalue weighted by molar-refractivity contribution is 0.435. The second kappa shape index (κ2) is 12.7. The smallest absolute Gasteiger partial charge is 0.133 e. The van der Waals surface area contributed by atoms with Gasteiger partial charge in [-0.25, -0.2) is 0 Å². The molecular formula is C61H37N3O. The Morgan fingerprint density at radius 3 is 1.62 bits per heavy atom. The monoisotopic (exact) mass is 827 g/mol. The van der Waals surface area contributed by atoms with Crippen LogP contribution in [0.2, 0.25) is 0 Å². The van der Waals surface area contributed by atoms with Crippen LogP contribution in [0.5, 0.6) is 11.5 Å². The quantitative estimate of drug-likeness (QED) is 0.174. The maximum Gasteiger partial charge on any atom is 0.133 e. The summed E-state index contributed by atoms with van der Waals surface area (Å²) >= 11 is 0. The van der Waals surface area contributed by atoms with Crippen LogP contribution in [0, 0.1) is 0 Å². The highest BCUT2D eigenvalue weighted by Gasteiger charge is 2.50. The Kier molecular flexibility index (Phi) is 6.85. The Balaban J connectivity index is 1.03. The fourth-order valence-electron chi connectivity index (χ4n) is 11.9. The van der Waals surface area contributed by atoms with Gasteiger partial charge >= 0.3 is 0 Å². The molecule has 0 aliphatic carbocycles. The van der Waals surface area contributed by atoms with Crippen molar-refractivity contribution >= 4 is 65.4 Å². The molecule has 302 valence electrons. The van der Waals surface area contributed by atoms with E-state index in [1.165, 1.54) is 71.4 Å². The zero-order valence-electron chi connectivity index (χ0n) is 35.1. The van der Waals surface area contributed by atoms with Gasteiger partial charge in [-0.05, 0) is 89.0 Å². The van der Waals surface area contributed by atoms with Crippen molar-refractivity contribution in [2.24, 2.45) is 0 Å². The summed E-state index contributed by atoms with van der Waals surface area (Å²) in [6, 6.07) is 82.5. The molecule has 0 radical (unpaired) electrons. The number of benzene rings is 10. The number of para-hydroxylation sites is 6. The molecule has 2 aliphatic heterocycles. The second-order valence-corrected chi connectivity index (χ2v) is 17.6. The van der Waals surface area contributed by atoms with Crippen molar-refractivity contribution in [2.75, 3.05) is 0 Å². The van der Waals surface area contributed by atoms with Gasteiger partial charge in [0.05, 0.1) is 44.2 Å². The average molecular weight is 828 g/mol. The molecule has 1 atom stereocenters. The summed E-state index contributed by atoms with van der Waals surface area (Å²) in [4.78, 5) is 0. The van der Waals surface area contributed by atoms with Crippen LogP contribution in [0.4, 0.5) is 0 Å². The van der Waals surface area contributed by atoms with Crippen molar-refractivity contribution in [3.63, 3.8) is 0 Å². The molecule has 10 aromatic carbocycles. The first kappa shape index (κ1) is 34.9. The summed E-state index contributed by atoms with van der Waals surface area (Å²) in [6.45, 7) is 0. The van der Waals surface area contributed by atoms with Gasteiger partial charge in [0.1, 0.15) is 11.5 Å². The van der Waals surface area contributed by atoms with Crippen molar-refractivity contribution in [3.05, 3.63) is 247 Å². The van der Waals surface area contributed by atoms with Crippen LogP contribution in [-0.4, -0.2) is 13.7 Å². The summed E-state index contributed by atoms with van der Waals surface area (Å²) in [7, 11) is 0. The Hall–Kier alpha value is -8.60. The summed E-state index contributed by atoms with van der Waals surface area (Å²) in [6.07, 6.45) is 0. The third-order valence-electron chi connectivity index (χ3n) is 14.5. The van der Waals surface area contributed by atoms with Crippen molar-refractivity contribution in [2.45, 2.75) is 5.41 Å². The van der Waals surface area contributed by atoms with Crippen LogP contribution in [0.3, 0.4) is 0 Å². The average Bonchev–Trinajstić information content (AvgIpc) is 4.01. The van der Waals surface area contributed by atoms with E-state index in [1.807, 2.05) is 0 Å². The van der Waals surface area contributed by atoms with Crippen molar-refractivity contribution in [3.8, 4) is 39.7 Å². The van der Waals surface area contributed by atoms with Gasteiger partial charge in [-0.2, -0.15) is 0 Å². The van der Waals surface area contributed by atoms with Gasteiger partial charge < -0.3 is 18.4 Å². The molecule has 0 saturated heterocycles. The molecule has 1 spiro atoms. The van der Waals surface area contributed by atoms with Gasteiger partial charge in [-0.15, -0.1) is 0 Å². The lowest BCUT2D eigenvalue weighted by Crippen LogP contribution is -2.37. The van der Waals surface area contributed by atoms with E-state index < -0.39 is 5.41 Å². The molecule has 4 nitrogen and oxygen atoms in total.